The summed E-state index contributed by atoms with van der Waals surface area (Å²) in [5, 5.41) is 9.18. The molecular weight excluding hydrogens is 402 g/mol. The number of aromatic nitrogens is 2. The van der Waals surface area contributed by atoms with Gasteiger partial charge in [-0.1, -0.05) is 62.4 Å². The Labute approximate surface area is 186 Å². The fraction of sp³-hybridized carbons (Fsp3) is 0.192. The van der Waals surface area contributed by atoms with Crippen molar-refractivity contribution in [3.05, 3.63) is 100 Å². The van der Waals surface area contributed by atoms with Crippen LogP contribution in [0.4, 0.5) is 0 Å². The van der Waals surface area contributed by atoms with Crippen LogP contribution in [0.5, 0.6) is 0 Å². The summed E-state index contributed by atoms with van der Waals surface area (Å²) in [6.07, 6.45) is 2.20. The standard InChI is InChI=1S/C26H25N3O3/c1-17(2)19-6-4-8-21(14-19)20-7-3-5-18(13-20)11-12-29-16-27-24-10-9-22(25(30)28-32)15-23(24)26(29)31/h3-10,13-17,32H,11-12H2,1-2H3,(H,28,30). The first-order valence-corrected chi connectivity index (χ1v) is 10.6. The molecule has 3 aromatic carbocycles. The zero-order valence-electron chi connectivity index (χ0n) is 18.1. The second-order valence-electron chi connectivity index (χ2n) is 8.15. The first kappa shape index (κ1) is 21.5. The molecule has 1 aromatic heterocycles. The average Bonchev–Trinajstić information content (AvgIpc) is 2.83. The molecule has 1 heterocycles. The molecule has 0 aliphatic heterocycles. The normalized spacial score (nSPS) is 11.1. The van der Waals surface area contributed by atoms with Gasteiger partial charge in [-0.15, -0.1) is 0 Å². The summed E-state index contributed by atoms with van der Waals surface area (Å²) in [5.41, 5.74) is 6.83. The summed E-state index contributed by atoms with van der Waals surface area (Å²) in [6, 6.07) is 21.5. The van der Waals surface area contributed by atoms with Crippen molar-refractivity contribution in [1.29, 1.82) is 0 Å². The van der Waals surface area contributed by atoms with Crippen LogP contribution in [0.2, 0.25) is 0 Å². The van der Waals surface area contributed by atoms with Gasteiger partial charge >= 0.3 is 0 Å². The van der Waals surface area contributed by atoms with Crippen molar-refractivity contribution in [3.8, 4) is 11.1 Å². The van der Waals surface area contributed by atoms with Gasteiger partial charge in [-0.2, -0.15) is 0 Å². The van der Waals surface area contributed by atoms with Gasteiger partial charge in [-0.25, -0.2) is 10.5 Å². The minimum atomic E-state index is -0.667. The molecule has 32 heavy (non-hydrogen) atoms. The fourth-order valence-corrected chi connectivity index (χ4v) is 3.76. The summed E-state index contributed by atoms with van der Waals surface area (Å²) in [5.74, 6) is -0.200. The zero-order valence-corrected chi connectivity index (χ0v) is 18.1. The molecule has 0 atom stereocenters. The Hall–Kier alpha value is -3.77. The van der Waals surface area contributed by atoms with Crippen LogP contribution in [0, 0.1) is 0 Å². The van der Waals surface area contributed by atoms with E-state index in [-0.39, 0.29) is 11.1 Å². The van der Waals surface area contributed by atoms with Gasteiger partial charge in [-0.05, 0) is 52.8 Å². The van der Waals surface area contributed by atoms with Crippen LogP contribution in [-0.2, 0) is 13.0 Å². The van der Waals surface area contributed by atoms with Crippen molar-refractivity contribution < 1.29 is 10.0 Å². The molecule has 0 unspecified atom stereocenters. The Balaban J connectivity index is 1.58. The van der Waals surface area contributed by atoms with E-state index < -0.39 is 5.91 Å². The molecule has 6 heteroatoms. The predicted octanol–water partition coefficient (Wildman–Crippen LogP) is 4.55. The number of hydrogen-bond donors (Lipinski definition) is 2. The maximum absolute atomic E-state index is 12.9. The van der Waals surface area contributed by atoms with Gasteiger partial charge in [0.1, 0.15) is 0 Å². The first-order valence-electron chi connectivity index (χ1n) is 10.6. The minimum absolute atomic E-state index is 0.202. The van der Waals surface area contributed by atoms with Crippen LogP contribution in [0.25, 0.3) is 22.0 Å². The number of aryl methyl sites for hydroxylation is 2. The summed E-state index contributed by atoms with van der Waals surface area (Å²) in [4.78, 5) is 29.0. The van der Waals surface area contributed by atoms with Crippen LogP contribution in [0.15, 0.2) is 77.9 Å². The maximum Gasteiger partial charge on any atom is 0.274 e. The lowest BCUT2D eigenvalue weighted by atomic mass is 9.96. The average molecular weight is 428 g/mol. The topological polar surface area (TPSA) is 84.2 Å². The van der Waals surface area contributed by atoms with E-state index in [9.17, 15) is 9.59 Å². The number of nitrogens with one attached hydrogen (secondary N) is 1. The molecule has 0 radical (unpaired) electrons. The lowest BCUT2D eigenvalue weighted by Gasteiger charge is -2.11. The van der Waals surface area contributed by atoms with E-state index in [0.29, 0.717) is 29.8 Å². The highest BCUT2D eigenvalue weighted by molar-refractivity contribution is 5.97. The molecule has 0 fully saturated rings. The van der Waals surface area contributed by atoms with Crippen LogP contribution in [-0.4, -0.2) is 20.7 Å². The number of benzene rings is 3. The van der Waals surface area contributed by atoms with Crippen molar-refractivity contribution in [2.45, 2.75) is 32.7 Å². The molecule has 0 saturated carbocycles. The molecule has 0 aliphatic rings. The lowest BCUT2D eigenvalue weighted by molar-refractivity contribution is 0.0706. The molecule has 4 rings (SSSR count). The Morgan fingerprint density at radius 2 is 1.78 bits per heavy atom. The third kappa shape index (κ3) is 4.45. The molecule has 1 amide bonds. The van der Waals surface area contributed by atoms with Crippen LogP contribution < -0.4 is 11.0 Å². The summed E-state index contributed by atoms with van der Waals surface area (Å²) in [6.45, 7) is 4.84. The highest BCUT2D eigenvalue weighted by atomic mass is 16.5. The van der Waals surface area contributed by atoms with Crippen molar-refractivity contribution in [1.82, 2.24) is 15.0 Å². The summed E-state index contributed by atoms with van der Waals surface area (Å²) in [7, 11) is 0. The molecule has 0 bridgehead atoms. The number of nitrogens with zero attached hydrogens (tertiary/aromatic N) is 2. The molecule has 162 valence electrons. The number of fused-ring (bicyclic) bond motifs is 1. The zero-order chi connectivity index (χ0) is 22.7. The number of carbonyl (C=O) groups excluding carboxylic acids is 1. The van der Waals surface area contributed by atoms with E-state index in [1.165, 1.54) is 29.6 Å². The van der Waals surface area contributed by atoms with E-state index in [1.54, 1.807) is 16.1 Å². The number of rotatable bonds is 6. The molecule has 6 nitrogen and oxygen atoms in total. The fourth-order valence-electron chi connectivity index (χ4n) is 3.76. The third-order valence-electron chi connectivity index (χ3n) is 5.64. The van der Waals surface area contributed by atoms with Gasteiger partial charge in [0.2, 0.25) is 0 Å². The largest absolute Gasteiger partial charge is 0.298 e. The molecule has 2 N–H and O–H groups in total. The number of hydrogen-bond acceptors (Lipinski definition) is 4. The number of carbonyl (C=O) groups is 1. The summed E-state index contributed by atoms with van der Waals surface area (Å²) >= 11 is 0. The van der Waals surface area contributed by atoms with Gasteiger partial charge in [0.25, 0.3) is 11.5 Å². The predicted molar refractivity (Wildman–Crippen MR) is 125 cm³/mol. The van der Waals surface area contributed by atoms with Gasteiger partial charge in [0, 0.05) is 12.1 Å². The van der Waals surface area contributed by atoms with Gasteiger partial charge in [0.15, 0.2) is 0 Å². The highest BCUT2D eigenvalue weighted by Crippen LogP contribution is 2.25. The molecule has 0 aliphatic carbocycles. The second-order valence-corrected chi connectivity index (χ2v) is 8.15. The smallest absolute Gasteiger partial charge is 0.274 e. The SMILES string of the molecule is CC(C)c1cccc(-c2cccc(CCn3cnc4ccc(C(=O)NO)cc4c3=O)c2)c1. The van der Waals surface area contributed by atoms with E-state index in [1.807, 2.05) is 6.07 Å². The Kier molecular flexibility index (Phi) is 6.14. The van der Waals surface area contributed by atoms with Gasteiger partial charge < -0.3 is 0 Å². The first-order chi connectivity index (χ1) is 15.5. The molecule has 0 spiro atoms. The van der Waals surface area contributed by atoms with Gasteiger partial charge in [-0.3, -0.25) is 19.4 Å². The highest BCUT2D eigenvalue weighted by Gasteiger charge is 2.10. The van der Waals surface area contributed by atoms with Crippen LogP contribution in [0.1, 0.15) is 41.3 Å². The van der Waals surface area contributed by atoms with Crippen molar-refractivity contribution in [2.24, 2.45) is 0 Å². The van der Waals surface area contributed by atoms with E-state index in [4.69, 9.17) is 5.21 Å². The Morgan fingerprint density at radius 3 is 2.53 bits per heavy atom. The van der Waals surface area contributed by atoms with Crippen LogP contribution in [0.3, 0.4) is 0 Å². The quantitative estimate of drug-likeness (QED) is 0.349. The Bertz CT molecular complexity index is 1340. The number of hydroxylamine groups is 1. The second kappa shape index (κ2) is 9.16. The van der Waals surface area contributed by atoms with Crippen molar-refractivity contribution in [2.75, 3.05) is 0 Å². The third-order valence-corrected chi connectivity index (χ3v) is 5.64. The van der Waals surface area contributed by atoms with Gasteiger partial charge in [0.05, 0.1) is 17.2 Å². The lowest BCUT2D eigenvalue weighted by Crippen LogP contribution is -2.23. The van der Waals surface area contributed by atoms with Crippen molar-refractivity contribution in [3.63, 3.8) is 0 Å². The van der Waals surface area contributed by atoms with Crippen LogP contribution >= 0.6 is 0 Å². The van der Waals surface area contributed by atoms with E-state index >= 15 is 0 Å². The minimum Gasteiger partial charge on any atom is -0.298 e. The van der Waals surface area contributed by atoms with Crippen molar-refractivity contribution >= 4 is 16.8 Å². The molecule has 0 saturated heterocycles. The Morgan fingerprint density at radius 1 is 1.03 bits per heavy atom. The summed E-state index contributed by atoms with van der Waals surface area (Å²) < 4.78 is 1.55. The maximum atomic E-state index is 12.9. The molecule has 4 aromatic rings. The number of amides is 1. The van der Waals surface area contributed by atoms with E-state index in [2.05, 4.69) is 61.3 Å². The van der Waals surface area contributed by atoms with E-state index in [0.717, 1.165) is 11.1 Å². The molecular formula is C26H25N3O3. The monoisotopic (exact) mass is 427 g/mol.